The van der Waals surface area contributed by atoms with Crippen molar-refractivity contribution in [1.29, 1.82) is 0 Å². The van der Waals surface area contributed by atoms with Crippen LogP contribution in [0, 0.1) is 67.5 Å². The summed E-state index contributed by atoms with van der Waals surface area (Å²) in [5, 5.41) is 2.27. The molecule has 6 heteroatoms. The van der Waals surface area contributed by atoms with Crippen LogP contribution in [0.5, 0.6) is 11.5 Å². The van der Waals surface area contributed by atoms with Gasteiger partial charge in [0.15, 0.2) is 0 Å². The van der Waals surface area contributed by atoms with Crippen LogP contribution in [-0.4, -0.2) is 15.4 Å². The quantitative estimate of drug-likeness (QED) is 0.161. The van der Waals surface area contributed by atoms with Crippen LogP contribution in [0.4, 0.5) is 5.69 Å². The SMILES string of the molecule is Cc1cc(C)c(N2C(c3[c-]c(Oc4[c-]c5c(cc4)c4cc(C(C)(C)C)ccc4n5-c4cc(C(C)(C)C)ccn4)c(C)cc3)=N[C@]3(C)c4cc(C)cc(C)c4-c4c(C)cc(C)cc4[C@H]23)c(C)c1.[Pt+2]. The average molecular weight is 1060 g/mol. The van der Waals surface area contributed by atoms with Gasteiger partial charge in [0.25, 0.3) is 0 Å². The van der Waals surface area contributed by atoms with Crippen LogP contribution in [0.3, 0.4) is 0 Å². The Bertz CT molecular complexity index is 3350. The van der Waals surface area contributed by atoms with E-state index < -0.39 is 5.54 Å². The fourth-order valence-electron chi connectivity index (χ4n) is 11.2. The predicted molar refractivity (Wildman–Crippen MR) is 275 cm³/mol. The topological polar surface area (TPSA) is 42.6 Å². The molecule has 10 rings (SSSR count). The second-order valence-corrected chi connectivity index (χ2v) is 21.7. The van der Waals surface area contributed by atoms with Crippen LogP contribution >= 0.6 is 0 Å². The minimum Gasteiger partial charge on any atom is -0.503 e. The fourth-order valence-corrected chi connectivity index (χ4v) is 11.2. The maximum atomic E-state index is 6.97. The van der Waals surface area contributed by atoms with Gasteiger partial charge in [-0.05, 0) is 145 Å². The van der Waals surface area contributed by atoms with E-state index in [4.69, 9.17) is 14.7 Å². The van der Waals surface area contributed by atoms with Crippen LogP contribution in [0.2, 0.25) is 0 Å². The van der Waals surface area contributed by atoms with Crippen LogP contribution in [0.15, 0.2) is 102 Å². The summed E-state index contributed by atoms with van der Waals surface area (Å²) in [6.07, 6.45) is 1.92. The number of hydrogen-bond acceptors (Lipinski definition) is 4. The van der Waals surface area contributed by atoms with Gasteiger partial charge < -0.3 is 19.2 Å². The summed E-state index contributed by atoms with van der Waals surface area (Å²) >= 11 is 0. The zero-order chi connectivity index (χ0) is 46.9. The first kappa shape index (κ1) is 46.3. The van der Waals surface area contributed by atoms with E-state index in [1.807, 2.05) is 12.3 Å². The minimum atomic E-state index is -0.602. The van der Waals surface area contributed by atoms with Gasteiger partial charge in [-0.15, -0.1) is 35.2 Å². The first-order valence-corrected chi connectivity index (χ1v) is 23.5. The van der Waals surface area contributed by atoms with Crippen molar-refractivity contribution in [2.75, 3.05) is 4.90 Å². The molecule has 342 valence electrons. The third kappa shape index (κ3) is 7.57. The van der Waals surface area contributed by atoms with E-state index in [0.717, 1.165) is 39.2 Å². The number of pyridine rings is 1. The Balaban J connectivity index is 0.00000562. The van der Waals surface area contributed by atoms with E-state index in [2.05, 4.69) is 210 Å². The van der Waals surface area contributed by atoms with Gasteiger partial charge in [-0.1, -0.05) is 131 Å². The summed E-state index contributed by atoms with van der Waals surface area (Å²) in [6.45, 7) is 33.6. The molecule has 0 bridgehead atoms. The maximum absolute atomic E-state index is 6.97. The summed E-state index contributed by atoms with van der Waals surface area (Å²) in [7, 11) is 0. The minimum absolute atomic E-state index is 0. The zero-order valence-corrected chi connectivity index (χ0v) is 44.1. The second-order valence-electron chi connectivity index (χ2n) is 21.7. The van der Waals surface area contributed by atoms with Crippen molar-refractivity contribution in [2.24, 2.45) is 4.99 Å². The van der Waals surface area contributed by atoms with Crippen molar-refractivity contribution in [3.05, 3.63) is 182 Å². The molecule has 3 heterocycles. The third-order valence-electron chi connectivity index (χ3n) is 14.2. The number of aryl methyl sites for hydroxylation is 8. The van der Waals surface area contributed by atoms with Crippen LogP contribution in [0.1, 0.15) is 127 Å². The molecule has 0 spiro atoms. The molecule has 2 aliphatic rings. The van der Waals surface area contributed by atoms with Crippen LogP contribution in [0.25, 0.3) is 38.8 Å². The number of fused-ring (bicyclic) bond motifs is 9. The van der Waals surface area contributed by atoms with Gasteiger partial charge in [0.05, 0.1) is 17.4 Å². The number of aliphatic imine (C=N–C) groups is 1. The Hall–Kier alpha value is -5.77. The van der Waals surface area contributed by atoms with Crippen molar-refractivity contribution >= 4 is 33.3 Å². The number of anilines is 1. The average Bonchev–Trinajstić information content (AvgIpc) is 3.72. The Morgan fingerprint density at radius 2 is 1.24 bits per heavy atom. The molecular formula is C61H62N4OPt. The van der Waals surface area contributed by atoms with Gasteiger partial charge in [-0.2, -0.15) is 6.07 Å². The standard InChI is InChI=1S/C61H62N4O.Pt/c1-34-26-40(7)56(41(8)27-34)65-57-48-28-35(2)24-38(5)54(48)55-39(6)25-36(3)29-49(55)61(57,15)63-58(65)42-17-16-37(4)52(30-42)66-45-19-20-46-47-31-43(59(9,10)11)18-21-50(47)64(51(46)33-45)53-32-44(22-23-62-53)60(12,13)14;/h16-29,31-32,57H,1-15H3;/q-2;+2/t57-,61+;/m0./s1. The predicted octanol–water partition coefficient (Wildman–Crippen LogP) is 15.5. The molecule has 2 atom stereocenters. The van der Waals surface area contributed by atoms with E-state index >= 15 is 0 Å². The summed E-state index contributed by atoms with van der Waals surface area (Å²) < 4.78 is 9.21. The summed E-state index contributed by atoms with van der Waals surface area (Å²) in [4.78, 5) is 13.4. The van der Waals surface area contributed by atoms with E-state index in [0.29, 0.717) is 11.5 Å². The first-order valence-electron chi connectivity index (χ1n) is 23.5. The smallest absolute Gasteiger partial charge is 0.503 e. The normalized spacial score (nSPS) is 16.7. The second kappa shape index (κ2) is 16.2. The van der Waals surface area contributed by atoms with Gasteiger partial charge in [-0.25, -0.2) is 4.98 Å². The summed E-state index contributed by atoms with van der Waals surface area (Å²) in [6, 6.07) is 41.2. The number of ether oxygens (including phenoxy) is 1. The first-order chi connectivity index (χ1) is 31.1. The van der Waals surface area contributed by atoms with E-state index in [-0.39, 0.29) is 37.9 Å². The number of amidine groups is 1. The number of rotatable bonds is 5. The fraction of sp³-hybridized carbons (Fsp3) is 0.311. The molecule has 0 saturated carbocycles. The largest absolute Gasteiger partial charge is 2.00 e. The summed E-state index contributed by atoms with van der Waals surface area (Å²) in [5.41, 5.74) is 20.9. The maximum Gasteiger partial charge on any atom is 2.00 e. The molecule has 6 aromatic carbocycles. The van der Waals surface area contributed by atoms with Gasteiger partial charge in [0.1, 0.15) is 5.82 Å². The summed E-state index contributed by atoms with van der Waals surface area (Å²) in [5.74, 6) is 3.01. The van der Waals surface area contributed by atoms with Crippen molar-refractivity contribution in [3.8, 4) is 28.4 Å². The Morgan fingerprint density at radius 1 is 0.612 bits per heavy atom. The number of hydrogen-bond donors (Lipinski definition) is 0. The van der Waals surface area contributed by atoms with Crippen molar-refractivity contribution < 1.29 is 25.8 Å². The molecule has 0 amide bonds. The monoisotopic (exact) mass is 1060 g/mol. The van der Waals surface area contributed by atoms with Crippen LogP contribution in [-0.2, 0) is 37.4 Å². The van der Waals surface area contributed by atoms with Crippen LogP contribution < -0.4 is 9.64 Å². The van der Waals surface area contributed by atoms with E-state index in [9.17, 15) is 0 Å². The molecule has 0 radical (unpaired) electrons. The van der Waals surface area contributed by atoms with Crippen molar-refractivity contribution in [1.82, 2.24) is 9.55 Å². The molecule has 67 heavy (non-hydrogen) atoms. The number of benzene rings is 6. The Labute approximate surface area is 412 Å². The molecule has 8 aromatic rings. The molecule has 0 saturated heterocycles. The van der Waals surface area contributed by atoms with E-state index in [1.54, 1.807) is 0 Å². The molecule has 1 aliphatic heterocycles. The Morgan fingerprint density at radius 3 is 1.93 bits per heavy atom. The van der Waals surface area contributed by atoms with Gasteiger partial charge >= 0.3 is 21.1 Å². The van der Waals surface area contributed by atoms with Crippen molar-refractivity contribution in [2.45, 2.75) is 126 Å². The van der Waals surface area contributed by atoms with Crippen molar-refractivity contribution in [3.63, 3.8) is 0 Å². The number of aromatic nitrogens is 2. The van der Waals surface area contributed by atoms with E-state index in [1.165, 1.54) is 83.4 Å². The molecule has 0 unspecified atom stereocenters. The number of nitrogens with zero attached hydrogens (tertiary/aromatic N) is 4. The molecule has 0 fully saturated rings. The Kier molecular flexibility index (Phi) is 11.2. The zero-order valence-electron chi connectivity index (χ0n) is 41.8. The van der Waals surface area contributed by atoms with Gasteiger partial charge in [0.2, 0.25) is 0 Å². The van der Waals surface area contributed by atoms with Gasteiger partial charge in [-0.3, -0.25) is 0 Å². The molecule has 1 aliphatic carbocycles. The molecular weight excluding hydrogens is 1000 g/mol. The third-order valence-corrected chi connectivity index (χ3v) is 14.2. The molecule has 2 aromatic heterocycles. The molecule has 5 nitrogen and oxygen atoms in total. The molecule has 0 N–H and O–H groups in total. The van der Waals surface area contributed by atoms with Gasteiger partial charge in [0, 0.05) is 28.9 Å².